The molecule has 1 atom stereocenters. The van der Waals surface area contributed by atoms with E-state index in [1.807, 2.05) is 0 Å². The largest absolute Gasteiger partial charge is 0.322 e. The van der Waals surface area contributed by atoms with Crippen LogP contribution in [0.15, 0.2) is 30.3 Å². The van der Waals surface area contributed by atoms with E-state index in [9.17, 15) is 8.42 Å². The molecular formula is C25H46NO3S+. The Bertz CT molecular complexity index is 644. The topological polar surface area (TPSA) is 54.4 Å². The normalized spacial score (nSPS) is 13.5. The predicted octanol–water partition coefficient (Wildman–Crippen LogP) is 6.78. The zero-order chi connectivity index (χ0) is 22.3. The molecular weight excluding hydrogens is 394 g/mol. The highest BCUT2D eigenvalue weighted by Gasteiger charge is 2.29. The molecule has 0 aliphatic carbocycles. The van der Waals surface area contributed by atoms with Gasteiger partial charge in [0.15, 0.2) is 0 Å². The molecule has 0 saturated heterocycles. The van der Waals surface area contributed by atoms with Gasteiger partial charge in [0, 0.05) is 12.0 Å². The minimum absolute atomic E-state index is 0.137. The van der Waals surface area contributed by atoms with E-state index in [0.29, 0.717) is 12.5 Å². The second-order valence-corrected chi connectivity index (χ2v) is 11.0. The zero-order valence-corrected chi connectivity index (χ0v) is 20.5. The maximum atomic E-state index is 11.0. The Morgan fingerprint density at radius 1 is 0.800 bits per heavy atom. The summed E-state index contributed by atoms with van der Waals surface area (Å²) in [6.45, 7) is 3.18. The van der Waals surface area contributed by atoms with E-state index in [4.69, 9.17) is 4.55 Å². The van der Waals surface area contributed by atoms with Crippen LogP contribution in [0, 0.1) is 0 Å². The highest BCUT2D eigenvalue weighted by atomic mass is 32.2. The summed E-state index contributed by atoms with van der Waals surface area (Å²) in [6.07, 6.45) is 15.9. The van der Waals surface area contributed by atoms with Crippen LogP contribution in [0.4, 0.5) is 0 Å². The number of nitrogens with zero attached hydrogens (tertiary/aromatic N) is 1. The predicted molar refractivity (Wildman–Crippen MR) is 128 cm³/mol. The molecule has 30 heavy (non-hydrogen) atoms. The number of rotatable bonds is 18. The molecule has 1 N–H and O–H groups in total. The van der Waals surface area contributed by atoms with Crippen LogP contribution in [0.1, 0.15) is 102 Å². The fourth-order valence-electron chi connectivity index (χ4n) is 4.38. The van der Waals surface area contributed by atoms with E-state index < -0.39 is 10.1 Å². The van der Waals surface area contributed by atoms with Gasteiger partial charge in [-0.25, -0.2) is 0 Å². The summed E-state index contributed by atoms with van der Waals surface area (Å²) in [5, 5.41) is 0. The SMILES string of the molecule is CCCCCCCCCCCCC(c1ccccc1)[N+](C)(C)CCCCS(=O)(=O)O. The molecule has 1 aromatic carbocycles. The highest BCUT2D eigenvalue weighted by Crippen LogP contribution is 2.31. The van der Waals surface area contributed by atoms with Crippen LogP contribution in [-0.4, -0.2) is 43.8 Å². The van der Waals surface area contributed by atoms with Crippen molar-refractivity contribution in [2.75, 3.05) is 26.4 Å². The zero-order valence-electron chi connectivity index (χ0n) is 19.7. The van der Waals surface area contributed by atoms with Crippen molar-refractivity contribution in [3.8, 4) is 0 Å². The molecule has 0 aliphatic rings. The number of quaternary nitrogens is 1. The molecule has 0 spiro atoms. The first-order chi connectivity index (χ1) is 14.3. The van der Waals surface area contributed by atoms with Crippen molar-refractivity contribution in [1.82, 2.24) is 0 Å². The summed E-state index contributed by atoms with van der Waals surface area (Å²) >= 11 is 0. The van der Waals surface area contributed by atoms with Gasteiger partial charge in [-0.15, -0.1) is 0 Å². The van der Waals surface area contributed by atoms with Crippen LogP contribution < -0.4 is 0 Å². The van der Waals surface area contributed by atoms with Gasteiger partial charge >= 0.3 is 0 Å². The Balaban J connectivity index is 2.43. The van der Waals surface area contributed by atoms with Gasteiger partial charge in [-0.05, 0) is 19.3 Å². The Morgan fingerprint density at radius 3 is 1.87 bits per heavy atom. The fraction of sp³-hybridized carbons (Fsp3) is 0.760. The van der Waals surface area contributed by atoms with Crippen molar-refractivity contribution in [3.05, 3.63) is 35.9 Å². The lowest BCUT2D eigenvalue weighted by molar-refractivity contribution is -0.921. The van der Waals surface area contributed by atoms with Gasteiger partial charge in [0.25, 0.3) is 10.1 Å². The summed E-state index contributed by atoms with van der Waals surface area (Å²) in [6, 6.07) is 11.1. The minimum Gasteiger partial charge on any atom is -0.322 e. The third kappa shape index (κ3) is 12.7. The van der Waals surface area contributed by atoms with Gasteiger partial charge in [-0.2, -0.15) is 8.42 Å². The van der Waals surface area contributed by atoms with Gasteiger partial charge < -0.3 is 4.48 Å². The number of unbranched alkanes of at least 4 members (excludes halogenated alkanes) is 10. The molecule has 0 amide bonds. The molecule has 0 heterocycles. The van der Waals surface area contributed by atoms with E-state index in [2.05, 4.69) is 51.4 Å². The molecule has 0 radical (unpaired) electrons. The monoisotopic (exact) mass is 440 g/mol. The van der Waals surface area contributed by atoms with Crippen molar-refractivity contribution in [2.45, 2.75) is 96.4 Å². The summed E-state index contributed by atoms with van der Waals surface area (Å²) in [4.78, 5) is 0. The fourth-order valence-corrected chi connectivity index (χ4v) is 4.95. The Hall–Kier alpha value is -0.910. The van der Waals surface area contributed by atoms with Gasteiger partial charge in [0.2, 0.25) is 0 Å². The highest BCUT2D eigenvalue weighted by molar-refractivity contribution is 7.85. The first kappa shape index (κ1) is 27.1. The van der Waals surface area contributed by atoms with E-state index in [-0.39, 0.29) is 5.75 Å². The molecule has 1 rings (SSSR count). The Morgan fingerprint density at radius 2 is 1.33 bits per heavy atom. The van der Waals surface area contributed by atoms with Gasteiger partial charge in [-0.3, -0.25) is 4.55 Å². The van der Waals surface area contributed by atoms with Crippen molar-refractivity contribution in [1.29, 1.82) is 0 Å². The Labute approximate surface area is 186 Å². The molecule has 0 aromatic heterocycles. The minimum atomic E-state index is -3.85. The lowest BCUT2D eigenvalue weighted by atomic mass is 9.96. The number of benzene rings is 1. The summed E-state index contributed by atoms with van der Waals surface area (Å²) in [5.41, 5.74) is 1.37. The van der Waals surface area contributed by atoms with E-state index >= 15 is 0 Å². The van der Waals surface area contributed by atoms with E-state index in [1.165, 1.54) is 69.8 Å². The molecule has 4 nitrogen and oxygen atoms in total. The van der Waals surface area contributed by atoms with Gasteiger partial charge in [0.05, 0.1) is 26.4 Å². The quantitative estimate of drug-likeness (QED) is 0.155. The molecule has 5 heteroatoms. The third-order valence-electron chi connectivity index (χ3n) is 6.25. The standard InChI is InChI=1S/C25H45NO3S/c1-4-5-6-7-8-9-10-11-12-16-21-25(24-19-14-13-15-20-24)26(2,3)22-17-18-23-30(27,28)29/h13-15,19-20,25H,4-12,16-18,21-23H2,1-3H3/p+1. The second-order valence-electron chi connectivity index (χ2n) is 9.39. The number of hydrogen-bond acceptors (Lipinski definition) is 2. The average Bonchev–Trinajstić information content (AvgIpc) is 2.69. The maximum absolute atomic E-state index is 11.0. The number of hydrogen-bond donors (Lipinski definition) is 1. The molecule has 174 valence electrons. The molecule has 1 unspecified atom stereocenters. The van der Waals surface area contributed by atoms with Crippen molar-refractivity contribution >= 4 is 10.1 Å². The van der Waals surface area contributed by atoms with Crippen molar-refractivity contribution in [3.63, 3.8) is 0 Å². The van der Waals surface area contributed by atoms with E-state index in [1.54, 1.807) is 0 Å². The average molecular weight is 441 g/mol. The molecule has 0 bridgehead atoms. The molecule has 0 fully saturated rings. The maximum Gasteiger partial charge on any atom is 0.264 e. The van der Waals surface area contributed by atoms with Crippen LogP contribution in [-0.2, 0) is 10.1 Å². The lowest BCUT2D eigenvalue weighted by Gasteiger charge is -2.39. The van der Waals surface area contributed by atoms with Crippen molar-refractivity contribution < 1.29 is 17.5 Å². The van der Waals surface area contributed by atoms with Crippen molar-refractivity contribution in [2.24, 2.45) is 0 Å². The third-order valence-corrected chi connectivity index (χ3v) is 7.05. The van der Waals surface area contributed by atoms with Crippen LogP contribution in [0.5, 0.6) is 0 Å². The lowest BCUT2D eigenvalue weighted by Crippen LogP contribution is -2.44. The van der Waals surface area contributed by atoms with Crippen LogP contribution >= 0.6 is 0 Å². The van der Waals surface area contributed by atoms with Gasteiger partial charge in [-0.1, -0.05) is 95.0 Å². The van der Waals surface area contributed by atoms with Gasteiger partial charge in [0.1, 0.15) is 6.04 Å². The molecule has 0 aliphatic heterocycles. The Kier molecular flexibility index (Phi) is 13.5. The summed E-state index contributed by atoms with van der Waals surface area (Å²) in [5.74, 6) is -0.137. The summed E-state index contributed by atoms with van der Waals surface area (Å²) < 4.78 is 31.8. The first-order valence-electron chi connectivity index (χ1n) is 12.1. The summed E-state index contributed by atoms with van der Waals surface area (Å²) in [7, 11) is 0.649. The molecule has 0 saturated carbocycles. The first-order valence-corrected chi connectivity index (χ1v) is 13.7. The van der Waals surface area contributed by atoms with Crippen LogP contribution in [0.2, 0.25) is 0 Å². The second kappa shape index (κ2) is 15.0. The molecule has 1 aromatic rings. The van der Waals surface area contributed by atoms with E-state index in [0.717, 1.165) is 23.9 Å². The van der Waals surface area contributed by atoms with Crippen LogP contribution in [0.25, 0.3) is 0 Å². The van der Waals surface area contributed by atoms with Crippen LogP contribution in [0.3, 0.4) is 0 Å². The smallest absolute Gasteiger partial charge is 0.264 e.